The Hall–Kier alpha value is -3.77. The van der Waals surface area contributed by atoms with E-state index >= 15 is 0 Å². The summed E-state index contributed by atoms with van der Waals surface area (Å²) in [6.45, 7) is 5.91. The molecule has 13 heteroatoms. The van der Waals surface area contributed by atoms with Gasteiger partial charge in [-0.05, 0) is 75.2 Å². The highest BCUT2D eigenvalue weighted by molar-refractivity contribution is 7.92. The maximum Gasteiger partial charge on any atom is 0.417 e. The van der Waals surface area contributed by atoms with Crippen molar-refractivity contribution in [3.8, 4) is 5.75 Å². The number of nitrogens with zero attached hydrogens (tertiary/aromatic N) is 2. The highest BCUT2D eigenvalue weighted by Gasteiger charge is 2.37. The Kier molecular flexibility index (Phi) is 11.3. The molecule has 2 amide bonds. The van der Waals surface area contributed by atoms with E-state index in [1.54, 1.807) is 38.1 Å². The van der Waals surface area contributed by atoms with Crippen LogP contribution in [0.1, 0.15) is 43.9 Å². The summed E-state index contributed by atoms with van der Waals surface area (Å²) < 4.78 is 75.1. The van der Waals surface area contributed by atoms with Crippen molar-refractivity contribution in [2.75, 3.05) is 18.0 Å². The fraction of sp³-hybridized carbons (Fsp3) is 0.355. The van der Waals surface area contributed by atoms with Crippen molar-refractivity contribution in [3.05, 3.63) is 88.4 Å². The number of anilines is 1. The summed E-state index contributed by atoms with van der Waals surface area (Å²) >= 11 is 5.82. The molecule has 44 heavy (non-hydrogen) atoms. The fourth-order valence-electron chi connectivity index (χ4n) is 4.27. The van der Waals surface area contributed by atoms with Gasteiger partial charge in [-0.2, -0.15) is 13.2 Å². The van der Waals surface area contributed by atoms with E-state index in [9.17, 15) is 31.2 Å². The maximum absolute atomic E-state index is 14.0. The summed E-state index contributed by atoms with van der Waals surface area (Å²) in [7, 11) is -3.10. The van der Waals surface area contributed by atoms with Crippen LogP contribution >= 0.6 is 11.6 Å². The minimum atomic E-state index is -4.89. The van der Waals surface area contributed by atoms with Crippen LogP contribution in [-0.4, -0.2) is 50.9 Å². The number of hydrogen-bond donors (Lipinski definition) is 1. The SMILES string of the molecule is CC[C@@H](C)NC(=O)[C@@H](C)N(Cc1cccc(OC)c1)C(=O)CN(c1ccc(Cl)c(C(F)(F)F)c1)S(=O)(=O)c1ccc(C)cc1. The topological polar surface area (TPSA) is 96.0 Å². The van der Waals surface area contributed by atoms with Gasteiger partial charge in [-0.15, -0.1) is 0 Å². The van der Waals surface area contributed by atoms with E-state index in [1.165, 1.54) is 43.2 Å². The maximum atomic E-state index is 14.0. The number of ether oxygens (including phenoxy) is 1. The molecule has 0 aromatic heterocycles. The second-order valence-corrected chi connectivity index (χ2v) is 12.6. The molecule has 3 aromatic rings. The summed E-state index contributed by atoms with van der Waals surface area (Å²) in [5, 5.41) is 2.19. The minimum absolute atomic E-state index is 0.113. The Morgan fingerprint density at radius 2 is 1.68 bits per heavy atom. The number of alkyl halides is 3. The Bertz CT molecular complexity index is 1580. The second kappa shape index (κ2) is 14.3. The van der Waals surface area contributed by atoms with Gasteiger partial charge in [0.1, 0.15) is 18.3 Å². The Morgan fingerprint density at radius 3 is 2.27 bits per heavy atom. The number of carbonyl (C=O) groups excluding carboxylic acids is 2. The lowest BCUT2D eigenvalue weighted by atomic mass is 10.1. The van der Waals surface area contributed by atoms with Gasteiger partial charge in [-0.25, -0.2) is 8.42 Å². The largest absolute Gasteiger partial charge is 0.497 e. The number of amides is 2. The zero-order valence-electron chi connectivity index (χ0n) is 25.0. The molecule has 0 aliphatic rings. The number of rotatable bonds is 12. The number of sulfonamides is 1. The van der Waals surface area contributed by atoms with Crippen LogP contribution in [0.2, 0.25) is 5.02 Å². The molecule has 0 unspecified atom stereocenters. The van der Waals surface area contributed by atoms with E-state index in [2.05, 4.69) is 5.32 Å². The average Bonchev–Trinajstić information content (AvgIpc) is 2.98. The van der Waals surface area contributed by atoms with Crippen molar-refractivity contribution < 1.29 is 35.9 Å². The molecule has 0 saturated heterocycles. The van der Waals surface area contributed by atoms with E-state index in [-0.39, 0.29) is 17.5 Å². The lowest BCUT2D eigenvalue weighted by molar-refractivity contribution is -0.139. The minimum Gasteiger partial charge on any atom is -0.497 e. The monoisotopic (exact) mass is 653 g/mol. The van der Waals surface area contributed by atoms with E-state index in [0.29, 0.717) is 28.1 Å². The molecule has 1 N–H and O–H groups in total. The van der Waals surface area contributed by atoms with Crippen LogP contribution in [0.15, 0.2) is 71.6 Å². The summed E-state index contributed by atoms with van der Waals surface area (Å²) in [5.74, 6) is -0.802. The second-order valence-electron chi connectivity index (χ2n) is 10.4. The van der Waals surface area contributed by atoms with Crippen LogP contribution in [0.5, 0.6) is 5.75 Å². The van der Waals surface area contributed by atoms with Crippen molar-refractivity contribution in [2.24, 2.45) is 0 Å². The third-order valence-corrected chi connectivity index (χ3v) is 9.20. The van der Waals surface area contributed by atoms with Crippen LogP contribution in [0.25, 0.3) is 0 Å². The fourth-order valence-corrected chi connectivity index (χ4v) is 5.90. The van der Waals surface area contributed by atoms with Gasteiger partial charge in [0.2, 0.25) is 11.8 Å². The standard InChI is InChI=1S/C31H35ClF3N3O5S/c1-6-21(3)36-30(40)22(4)37(18-23-8-7-9-25(16-23)43-5)29(39)19-38(44(41,42)26-13-10-20(2)11-14-26)24-12-15-28(32)27(17-24)31(33,34)35/h7-17,21-22H,6,18-19H2,1-5H3,(H,36,40)/t21-,22-/m1/s1. The summed E-state index contributed by atoms with van der Waals surface area (Å²) in [5.41, 5.74) is -0.348. The molecule has 0 heterocycles. The first-order valence-electron chi connectivity index (χ1n) is 13.8. The molecular formula is C31H35ClF3N3O5S. The van der Waals surface area contributed by atoms with Crippen molar-refractivity contribution in [1.82, 2.24) is 10.2 Å². The highest BCUT2D eigenvalue weighted by Crippen LogP contribution is 2.38. The van der Waals surface area contributed by atoms with Crippen LogP contribution in [0, 0.1) is 6.92 Å². The normalized spacial score (nSPS) is 13.1. The van der Waals surface area contributed by atoms with Gasteiger partial charge in [0, 0.05) is 12.6 Å². The summed E-state index contributed by atoms with van der Waals surface area (Å²) in [6.07, 6.45) is -4.26. The molecule has 0 spiro atoms. The predicted octanol–water partition coefficient (Wildman–Crippen LogP) is 6.20. The van der Waals surface area contributed by atoms with E-state index in [4.69, 9.17) is 16.3 Å². The lowest BCUT2D eigenvalue weighted by Gasteiger charge is -2.32. The molecule has 0 radical (unpaired) electrons. The predicted molar refractivity (Wildman–Crippen MR) is 163 cm³/mol. The van der Waals surface area contributed by atoms with Crippen molar-refractivity contribution in [1.29, 1.82) is 0 Å². The Labute approximate surface area is 260 Å². The zero-order chi connectivity index (χ0) is 32.8. The highest BCUT2D eigenvalue weighted by atomic mass is 35.5. The molecule has 238 valence electrons. The number of carbonyl (C=O) groups is 2. The summed E-state index contributed by atoms with van der Waals surface area (Å²) in [6, 6.07) is 13.8. The zero-order valence-corrected chi connectivity index (χ0v) is 26.6. The quantitative estimate of drug-likeness (QED) is 0.251. The number of methoxy groups -OCH3 is 1. The molecule has 2 atom stereocenters. The van der Waals surface area contributed by atoms with Gasteiger partial charge in [0.05, 0.1) is 28.3 Å². The first kappa shape index (κ1) is 34.7. The lowest BCUT2D eigenvalue weighted by Crippen LogP contribution is -2.52. The van der Waals surface area contributed by atoms with E-state index < -0.39 is 56.9 Å². The Morgan fingerprint density at radius 1 is 1.02 bits per heavy atom. The van der Waals surface area contributed by atoms with Gasteiger partial charge >= 0.3 is 6.18 Å². The number of nitrogens with one attached hydrogen (secondary N) is 1. The van der Waals surface area contributed by atoms with Gasteiger partial charge < -0.3 is 15.0 Å². The van der Waals surface area contributed by atoms with Crippen molar-refractivity contribution in [2.45, 2.75) is 63.8 Å². The van der Waals surface area contributed by atoms with Crippen molar-refractivity contribution in [3.63, 3.8) is 0 Å². The number of halogens is 4. The molecule has 0 aliphatic heterocycles. The van der Waals surface area contributed by atoms with Crippen molar-refractivity contribution >= 4 is 39.1 Å². The number of hydrogen-bond acceptors (Lipinski definition) is 5. The molecule has 0 saturated carbocycles. The van der Waals surface area contributed by atoms with Gasteiger partial charge in [-0.3, -0.25) is 13.9 Å². The molecule has 3 aromatic carbocycles. The molecular weight excluding hydrogens is 619 g/mol. The van der Waals surface area contributed by atoms with Crippen LogP contribution < -0.4 is 14.4 Å². The first-order valence-corrected chi connectivity index (χ1v) is 15.6. The molecule has 0 aliphatic carbocycles. The van der Waals surface area contributed by atoms with E-state index in [0.717, 1.165) is 17.7 Å². The smallest absolute Gasteiger partial charge is 0.417 e. The van der Waals surface area contributed by atoms with Gasteiger partial charge in [0.25, 0.3) is 10.0 Å². The van der Waals surface area contributed by atoms with Gasteiger partial charge in [-0.1, -0.05) is 48.4 Å². The first-order chi connectivity index (χ1) is 20.6. The van der Waals surface area contributed by atoms with Crippen LogP contribution in [0.4, 0.5) is 18.9 Å². The number of aryl methyl sites for hydroxylation is 1. The third kappa shape index (κ3) is 8.44. The molecule has 8 nitrogen and oxygen atoms in total. The molecule has 0 fully saturated rings. The van der Waals surface area contributed by atoms with Gasteiger partial charge in [0.15, 0.2) is 0 Å². The molecule has 0 bridgehead atoms. The summed E-state index contributed by atoms with van der Waals surface area (Å²) in [4.78, 5) is 28.1. The van der Waals surface area contributed by atoms with E-state index in [1.807, 2.05) is 6.92 Å². The molecule has 3 rings (SSSR count). The third-order valence-electron chi connectivity index (χ3n) is 7.09. The average molecular weight is 654 g/mol. The van der Waals surface area contributed by atoms with Crippen LogP contribution in [-0.2, 0) is 32.3 Å². The Balaban J connectivity index is 2.13. The van der Waals surface area contributed by atoms with Crippen LogP contribution in [0.3, 0.4) is 0 Å². The number of benzene rings is 3.